The molecule has 0 unspecified atom stereocenters. The second-order valence-electron chi connectivity index (χ2n) is 5.56. The first-order valence-electron chi connectivity index (χ1n) is 7.64. The fraction of sp³-hybridized carbons (Fsp3) is 0.929. The van der Waals surface area contributed by atoms with Gasteiger partial charge in [0.2, 0.25) is 0 Å². The van der Waals surface area contributed by atoms with Crippen molar-refractivity contribution in [3.8, 4) is 0 Å². The zero-order chi connectivity index (χ0) is 15.7. The van der Waals surface area contributed by atoms with Crippen LogP contribution < -0.4 is 10.6 Å². The summed E-state index contributed by atoms with van der Waals surface area (Å²) in [5.41, 5.74) is 0. The number of nitrogens with one attached hydrogen (secondary N) is 2. The van der Waals surface area contributed by atoms with Crippen LogP contribution in [-0.2, 0) is 0 Å². The first-order chi connectivity index (χ1) is 9.92. The van der Waals surface area contributed by atoms with Gasteiger partial charge in [0.1, 0.15) is 0 Å². The molecule has 0 saturated heterocycles. The SMILES string of the molecule is CN=C(NCCN(C)C1CCCCC1)NCCC(F)(F)F.I. The number of aliphatic imine (C=N–C) groups is 1. The summed E-state index contributed by atoms with van der Waals surface area (Å²) >= 11 is 0. The van der Waals surface area contributed by atoms with Crippen LogP contribution in [0.5, 0.6) is 0 Å². The molecule has 0 atom stereocenters. The molecular formula is C14H28F3IN4. The Balaban J connectivity index is 0.00000441. The molecule has 0 spiro atoms. The van der Waals surface area contributed by atoms with Gasteiger partial charge in [-0.25, -0.2) is 0 Å². The van der Waals surface area contributed by atoms with Crippen LogP contribution >= 0.6 is 24.0 Å². The van der Waals surface area contributed by atoms with Crippen LogP contribution in [0.4, 0.5) is 13.2 Å². The predicted molar refractivity (Wildman–Crippen MR) is 95.0 cm³/mol. The smallest absolute Gasteiger partial charge is 0.356 e. The summed E-state index contributed by atoms with van der Waals surface area (Å²) < 4.78 is 36.2. The summed E-state index contributed by atoms with van der Waals surface area (Å²) in [5.74, 6) is 0.427. The molecule has 0 aromatic rings. The number of alkyl halides is 3. The van der Waals surface area contributed by atoms with E-state index in [2.05, 4.69) is 27.6 Å². The maximum atomic E-state index is 12.1. The number of hydrogen-bond donors (Lipinski definition) is 2. The van der Waals surface area contributed by atoms with Gasteiger partial charge in [-0.2, -0.15) is 13.2 Å². The van der Waals surface area contributed by atoms with E-state index < -0.39 is 12.6 Å². The highest BCUT2D eigenvalue weighted by Crippen LogP contribution is 2.21. The Labute approximate surface area is 148 Å². The van der Waals surface area contributed by atoms with Gasteiger partial charge in [0.05, 0.1) is 6.42 Å². The molecule has 0 bridgehead atoms. The molecule has 0 aliphatic heterocycles. The summed E-state index contributed by atoms with van der Waals surface area (Å²) in [6.45, 7) is 1.39. The molecule has 0 amide bonds. The van der Waals surface area contributed by atoms with Crippen molar-refractivity contribution in [3.63, 3.8) is 0 Å². The minimum absolute atomic E-state index is 0. The fourth-order valence-corrected chi connectivity index (χ4v) is 2.60. The summed E-state index contributed by atoms with van der Waals surface area (Å²) in [7, 11) is 3.67. The normalized spacial score (nSPS) is 17.3. The van der Waals surface area contributed by atoms with Crippen LogP contribution in [0, 0.1) is 0 Å². The van der Waals surface area contributed by atoms with Gasteiger partial charge in [-0.1, -0.05) is 19.3 Å². The van der Waals surface area contributed by atoms with Crippen LogP contribution in [0.3, 0.4) is 0 Å². The first-order valence-corrected chi connectivity index (χ1v) is 7.64. The molecule has 0 aromatic heterocycles. The van der Waals surface area contributed by atoms with Crippen molar-refractivity contribution in [2.75, 3.05) is 33.7 Å². The van der Waals surface area contributed by atoms with Crippen LogP contribution in [-0.4, -0.2) is 56.8 Å². The molecule has 1 rings (SSSR count). The Hall–Kier alpha value is -0.250. The van der Waals surface area contributed by atoms with Gasteiger partial charge in [-0.15, -0.1) is 24.0 Å². The van der Waals surface area contributed by atoms with Gasteiger partial charge in [0, 0.05) is 32.7 Å². The fourth-order valence-electron chi connectivity index (χ4n) is 2.60. The molecule has 0 aromatic carbocycles. The molecule has 8 heteroatoms. The largest absolute Gasteiger partial charge is 0.390 e. The van der Waals surface area contributed by atoms with Crippen molar-refractivity contribution >= 4 is 29.9 Å². The molecule has 1 aliphatic rings. The maximum Gasteiger partial charge on any atom is 0.390 e. The number of hydrogen-bond acceptors (Lipinski definition) is 2. The molecule has 1 aliphatic carbocycles. The summed E-state index contributed by atoms with van der Waals surface area (Å²) in [5, 5.41) is 5.74. The van der Waals surface area contributed by atoms with E-state index in [4.69, 9.17) is 0 Å². The lowest BCUT2D eigenvalue weighted by molar-refractivity contribution is -0.132. The van der Waals surface area contributed by atoms with Crippen molar-refractivity contribution in [1.29, 1.82) is 0 Å². The van der Waals surface area contributed by atoms with E-state index in [1.165, 1.54) is 32.1 Å². The van der Waals surface area contributed by atoms with Crippen molar-refractivity contribution in [1.82, 2.24) is 15.5 Å². The minimum Gasteiger partial charge on any atom is -0.356 e. The van der Waals surface area contributed by atoms with E-state index >= 15 is 0 Å². The lowest BCUT2D eigenvalue weighted by atomic mass is 9.94. The van der Waals surface area contributed by atoms with Gasteiger partial charge in [-0.05, 0) is 19.9 Å². The zero-order valence-corrected chi connectivity index (χ0v) is 15.7. The topological polar surface area (TPSA) is 39.7 Å². The average molecular weight is 436 g/mol. The minimum atomic E-state index is -4.13. The van der Waals surface area contributed by atoms with Crippen molar-refractivity contribution in [2.45, 2.75) is 50.7 Å². The van der Waals surface area contributed by atoms with Crippen LogP contribution in [0.15, 0.2) is 4.99 Å². The maximum absolute atomic E-state index is 12.1. The Morgan fingerprint density at radius 2 is 1.73 bits per heavy atom. The second-order valence-corrected chi connectivity index (χ2v) is 5.56. The van der Waals surface area contributed by atoms with E-state index in [9.17, 15) is 13.2 Å². The zero-order valence-electron chi connectivity index (χ0n) is 13.4. The number of nitrogens with zero attached hydrogens (tertiary/aromatic N) is 2. The van der Waals surface area contributed by atoms with Gasteiger partial charge in [0.25, 0.3) is 0 Å². The average Bonchev–Trinajstić information content (AvgIpc) is 2.45. The highest BCUT2D eigenvalue weighted by atomic mass is 127. The molecule has 2 N–H and O–H groups in total. The van der Waals surface area contributed by atoms with Crippen molar-refractivity contribution in [3.05, 3.63) is 0 Å². The van der Waals surface area contributed by atoms with Crippen LogP contribution in [0.1, 0.15) is 38.5 Å². The number of guanidine groups is 1. The van der Waals surface area contributed by atoms with E-state index in [0.29, 0.717) is 18.5 Å². The third kappa shape index (κ3) is 9.70. The molecule has 1 saturated carbocycles. The van der Waals surface area contributed by atoms with Crippen molar-refractivity contribution < 1.29 is 13.2 Å². The summed E-state index contributed by atoms with van der Waals surface area (Å²) in [6.07, 6.45) is 1.43. The molecular weight excluding hydrogens is 408 g/mol. The van der Waals surface area contributed by atoms with E-state index in [1.54, 1.807) is 7.05 Å². The third-order valence-electron chi connectivity index (χ3n) is 3.88. The Kier molecular flexibility index (Phi) is 11.2. The van der Waals surface area contributed by atoms with Gasteiger partial charge >= 0.3 is 6.18 Å². The lowest BCUT2D eigenvalue weighted by Gasteiger charge is -2.31. The quantitative estimate of drug-likeness (QED) is 0.382. The highest BCUT2D eigenvalue weighted by molar-refractivity contribution is 14.0. The monoisotopic (exact) mass is 436 g/mol. The van der Waals surface area contributed by atoms with Gasteiger partial charge < -0.3 is 15.5 Å². The molecule has 132 valence electrons. The van der Waals surface area contributed by atoms with E-state index in [1.807, 2.05) is 0 Å². The third-order valence-corrected chi connectivity index (χ3v) is 3.88. The van der Waals surface area contributed by atoms with Crippen LogP contribution in [0.25, 0.3) is 0 Å². The number of likely N-dealkylation sites (N-methyl/N-ethyl adjacent to an activating group) is 1. The summed E-state index contributed by atoms with van der Waals surface area (Å²) in [6, 6.07) is 0.640. The van der Waals surface area contributed by atoms with Gasteiger partial charge in [-0.3, -0.25) is 4.99 Å². The second kappa shape index (κ2) is 11.3. The Morgan fingerprint density at radius 1 is 1.14 bits per heavy atom. The molecule has 22 heavy (non-hydrogen) atoms. The van der Waals surface area contributed by atoms with E-state index in [0.717, 1.165) is 6.54 Å². The molecule has 4 nitrogen and oxygen atoms in total. The Morgan fingerprint density at radius 3 is 2.27 bits per heavy atom. The molecule has 0 radical (unpaired) electrons. The van der Waals surface area contributed by atoms with Crippen molar-refractivity contribution in [2.24, 2.45) is 4.99 Å². The predicted octanol–water partition coefficient (Wildman–Crippen LogP) is 2.99. The molecule has 0 heterocycles. The standard InChI is InChI=1S/C14H27F3N4.HI/c1-18-13(19-9-8-14(15,16)17)20-10-11-21(2)12-6-4-3-5-7-12;/h12H,3-11H2,1-2H3,(H2,18,19,20);1H. The summed E-state index contributed by atoms with van der Waals surface area (Å²) in [4.78, 5) is 6.25. The number of halogens is 4. The lowest BCUT2D eigenvalue weighted by Crippen LogP contribution is -2.44. The number of rotatable bonds is 6. The van der Waals surface area contributed by atoms with Gasteiger partial charge in [0.15, 0.2) is 5.96 Å². The highest BCUT2D eigenvalue weighted by Gasteiger charge is 2.26. The van der Waals surface area contributed by atoms with E-state index in [-0.39, 0.29) is 30.5 Å². The van der Waals surface area contributed by atoms with Crippen LogP contribution in [0.2, 0.25) is 0 Å². The Bertz CT molecular complexity index is 318. The first kappa shape index (κ1) is 21.8. The molecule has 1 fully saturated rings.